The van der Waals surface area contributed by atoms with Crippen molar-refractivity contribution in [3.05, 3.63) is 63.3 Å². The maximum absolute atomic E-state index is 12.8. The lowest BCUT2D eigenvalue weighted by Crippen LogP contribution is -2.09. The second-order valence-electron chi connectivity index (χ2n) is 3.88. The van der Waals surface area contributed by atoms with E-state index in [-0.39, 0.29) is 5.82 Å². The highest BCUT2D eigenvalue weighted by atomic mass is 79.9. The van der Waals surface area contributed by atoms with Crippen molar-refractivity contribution in [3.63, 3.8) is 0 Å². The topological polar surface area (TPSA) is 35.8 Å². The minimum Gasteiger partial charge on any atom is -0.366 e. The van der Waals surface area contributed by atoms with Gasteiger partial charge in [-0.1, -0.05) is 27.5 Å². The second-order valence-corrected chi connectivity index (χ2v) is 5.20. The Morgan fingerprint density at radius 3 is 2.53 bits per heavy atom. The van der Waals surface area contributed by atoms with Crippen LogP contribution in [0.3, 0.4) is 0 Å². The first-order valence-electron chi connectivity index (χ1n) is 5.47. The van der Waals surface area contributed by atoms with Crippen LogP contribution in [-0.2, 0) is 0 Å². The van der Waals surface area contributed by atoms with Gasteiger partial charge in [-0.3, -0.25) is 0 Å². The van der Waals surface area contributed by atoms with E-state index in [1.165, 1.54) is 12.1 Å². The van der Waals surface area contributed by atoms with E-state index in [4.69, 9.17) is 11.6 Å². The van der Waals surface area contributed by atoms with Gasteiger partial charge >= 0.3 is 0 Å². The third kappa shape index (κ3) is 3.46. The Bertz CT molecular complexity index is 622. The molecule has 2 aromatic rings. The fourth-order valence-electron chi connectivity index (χ4n) is 1.63. The van der Waals surface area contributed by atoms with Gasteiger partial charge in [-0.25, -0.2) is 4.39 Å². The fraction of sp³-hybridized carbons (Fsp3) is 0.0714. The Morgan fingerprint density at radius 1 is 1.21 bits per heavy atom. The maximum Gasteiger partial charge on any atom is 0.141 e. The van der Waals surface area contributed by atoms with Gasteiger partial charge in [0.15, 0.2) is 0 Å². The number of halogens is 3. The number of benzene rings is 2. The summed E-state index contributed by atoms with van der Waals surface area (Å²) >= 11 is 9.43. The van der Waals surface area contributed by atoms with Crippen LogP contribution in [0.2, 0.25) is 5.02 Å². The molecule has 2 rings (SSSR count). The molecule has 96 valence electrons. The number of nitrogens with one attached hydrogen (secondary N) is 1. The molecule has 0 saturated carbocycles. The number of hydrogen-bond donors (Lipinski definition) is 1. The first-order valence-corrected chi connectivity index (χ1v) is 6.64. The molecular formula is C14H9BrClFN2. The summed E-state index contributed by atoms with van der Waals surface area (Å²) in [4.78, 5) is 0. The Labute approximate surface area is 123 Å². The summed E-state index contributed by atoms with van der Waals surface area (Å²) in [5.41, 5.74) is 1.33. The lowest BCUT2D eigenvalue weighted by molar-refractivity contribution is 0.628. The minimum absolute atomic E-state index is 0.320. The molecule has 0 aliphatic carbocycles. The zero-order chi connectivity index (χ0) is 13.8. The van der Waals surface area contributed by atoms with Gasteiger partial charge < -0.3 is 5.32 Å². The number of nitriles is 1. The van der Waals surface area contributed by atoms with Crippen molar-refractivity contribution in [2.24, 2.45) is 0 Å². The van der Waals surface area contributed by atoms with Crippen molar-refractivity contribution in [3.8, 4) is 6.07 Å². The van der Waals surface area contributed by atoms with Crippen molar-refractivity contribution in [1.82, 2.24) is 0 Å². The van der Waals surface area contributed by atoms with Gasteiger partial charge in [0.1, 0.15) is 11.9 Å². The Balaban J connectivity index is 2.28. The molecule has 5 heteroatoms. The SMILES string of the molecule is N#CC(Nc1ccc(F)cc1)c1cc(Br)ccc1Cl. The summed E-state index contributed by atoms with van der Waals surface area (Å²) in [6, 6.07) is 12.7. The largest absolute Gasteiger partial charge is 0.366 e. The van der Waals surface area contributed by atoms with Crippen LogP contribution in [0, 0.1) is 17.1 Å². The third-order valence-electron chi connectivity index (χ3n) is 2.55. The Kier molecular flexibility index (Phi) is 4.41. The lowest BCUT2D eigenvalue weighted by Gasteiger charge is -2.15. The van der Waals surface area contributed by atoms with Crippen LogP contribution in [0.15, 0.2) is 46.9 Å². The monoisotopic (exact) mass is 338 g/mol. The van der Waals surface area contributed by atoms with Crippen LogP contribution < -0.4 is 5.32 Å². The van der Waals surface area contributed by atoms with E-state index in [0.29, 0.717) is 16.3 Å². The molecule has 2 nitrogen and oxygen atoms in total. The molecule has 0 aromatic heterocycles. The van der Waals surface area contributed by atoms with E-state index in [0.717, 1.165) is 4.47 Å². The summed E-state index contributed by atoms with van der Waals surface area (Å²) in [6.45, 7) is 0. The molecule has 0 fully saturated rings. The van der Waals surface area contributed by atoms with Gasteiger partial charge in [0, 0.05) is 20.7 Å². The van der Waals surface area contributed by atoms with E-state index in [9.17, 15) is 9.65 Å². The van der Waals surface area contributed by atoms with E-state index >= 15 is 0 Å². The van der Waals surface area contributed by atoms with Crippen molar-refractivity contribution in [1.29, 1.82) is 5.26 Å². The number of anilines is 1. The second kappa shape index (κ2) is 6.05. The van der Waals surface area contributed by atoms with Gasteiger partial charge in [0.2, 0.25) is 0 Å². The van der Waals surface area contributed by atoms with Gasteiger partial charge in [-0.15, -0.1) is 0 Å². The highest BCUT2D eigenvalue weighted by Crippen LogP contribution is 2.28. The predicted octanol–water partition coefficient (Wildman–Crippen LogP) is 4.92. The highest BCUT2D eigenvalue weighted by Gasteiger charge is 2.14. The zero-order valence-corrected chi connectivity index (χ0v) is 12.0. The van der Waals surface area contributed by atoms with E-state index in [2.05, 4.69) is 27.3 Å². The molecule has 0 amide bonds. The molecule has 1 N–H and O–H groups in total. The van der Waals surface area contributed by atoms with Crippen molar-refractivity contribution in [2.45, 2.75) is 6.04 Å². The third-order valence-corrected chi connectivity index (χ3v) is 3.39. The molecule has 0 saturated heterocycles. The standard InChI is InChI=1S/C14H9BrClFN2/c15-9-1-6-13(16)12(7-9)14(8-18)19-11-4-2-10(17)3-5-11/h1-7,14,19H. The van der Waals surface area contributed by atoms with E-state index < -0.39 is 6.04 Å². The smallest absolute Gasteiger partial charge is 0.141 e. The number of hydrogen-bond acceptors (Lipinski definition) is 2. The Hall–Kier alpha value is -1.57. The quantitative estimate of drug-likeness (QED) is 0.861. The highest BCUT2D eigenvalue weighted by molar-refractivity contribution is 9.10. The van der Waals surface area contributed by atoms with Crippen LogP contribution in [0.1, 0.15) is 11.6 Å². The molecule has 19 heavy (non-hydrogen) atoms. The molecular weight excluding hydrogens is 331 g/mol. The normalized spacial score (nSPS) is 11.7. The van der Waals surface area contributed by atoms with Crippen LogP contribution in [0.4, 0.5) is 10.1 Å². The van der Waals surface area contributed by atoms with Crippen LogP contribution in [0.5, 0.6) is 0 Å². The van der Waals surface area contributed by atoms with E-state index in [1.54, 1.807) is 30.3 Å². The zero-order valence-electron chi connectivity index (χ0n) is 9.70. The molecule has 1 atom stereocenters. The molecule has 0 radical (unpaired) electrons. The van der Waals surface area contributed by atoms with Crippen molar-refractivity contribution < 1.29 is 4.39 Å². The summed E-state index contributed by atoms with van der Waals surface area (Å²) in [5.74, 6) is -0.320. The minimum atomic E-state index is -0.601. The first kappa shape index (κ1) is 13.9. The molecule has 0 spiro atoms. The fourth-order valence-corrected chi connectivity index (χ4v) is 2.23. The Morgan fingerprint density at radius 2 is 1.89 bits per heavy atom. The average molecular weight is 340 g/mol. The maximum atomic E-state index is 12.8. The molecule has 2 aromatic carbocycles. The predicted molar refractivity (Wildman–Crippen MR) is 77.5 cm³/mol. The molecule has 1 unspecified atom stereocenters. The molecule has 0 heterocycles. The molecule has 0 bridgehead atoms. The van der Waals surface area contributed by atoms with Crippen LogP contribution >= 0.6 is 27.5 Å². The van der Waals surface area contributed by atoms with Crippen molar-refractivity contribution >= 4 is 33.2 Å². The molecule has 0 aliphatic rings. The van der Waals surface area contributed by atoms with Crippen molar-refractivity contribution in [2.75, 3.05) is 5.32 Å². The number of nitrogens with zero attached hydrogens (tertiary/aromatic N) is 1. The van der Waals surface area contributed by atoms with Gasteiger partial charge in [0.05, 0.1) is 6.07 Å². The van der Waals surface area contributed by atoms with Gasteiger partial charge in [-0.2, -0.15) is 5.26 Å². The summed E-state index contributed by atoms with van der Waals surface area (Å²) in [6.07, 6.45) is 0. The van der Waals surface area contributed by atoms with E-state index in [1.807, 2.05) is 0 Å². The van der Waals surface area contributed by atoms with Crippen LogP contribution in [0.25, 0.3) is 0 Å². The van der Waals surface area contributed by atoms with Gasteiger partial charge in [-0.05, 0) is 42.5 Å². The van der Waals surface area contributed by atoms with Crippen LogP contribution in [-0.4, -0.2) is 0 Å². The summed E-state index contributed by atoms with van der Waals surface area (Å²) in [5, 5.41) is 12.8. The summed E-state index contributed by atoms with van der Waals surface area (Å²) < 4.78 is 13.7. The molecule has 0 aliphatic heterocycles. The summed E-state index contributed by atoms with van der Waals surface area (Å²) in [7, 11) is 0. The van der Waals surface area contributed by atoms with Gasteiger partial charge in [0.25, 0.3) is 0 Å². The number of rotatable bonds is 3. The first-order chi connectivity index (χ1) is 9.10. The lowest BCUT2D eigenvalue weighted by atomic mass is 10.1. The average Bonchev–Trinajstić information content (AvgIpc) is 2.41.